The fourth-order valence-corrected chi connectivity index (χ4v) is 1.84. The van der Waals surface area contributed by atoms with Gasteiger partial charge in [0, 0.05) is 5.56 Å². The Kier molecular flexibility index (Phi) is 2.44. The number of aromatic nitrogens is 4. The Bertz CT molecular complexity index is 688. The molecule has 5 heteroatoms. The summed E-state index contributed by atoms with van der Waals surface area (Å²) in [5.41, 5.74) is 2.84. The number of aryl methyl sites for hydroxylation is 1. The topological polar surface area (TPSA) is 52.3 Å². The molecule has 3 rings (SSSR count). The predicted molar refractivity (Wildman–Crippen MR) is 67.5 cm³/mol. The number of rotatable bonds is 2. The molecular formula is C13H12N4O. The molecule has 2 heterocycles. The first-order valence-corrected chi connectivity index (χ1v) is 5.60. The van der Waals surface area contributed by atoms with E-state index in [1.807, 2.05) is 43.5 Å². The Morgan fingerprint density at radius 1 is 1.06 bits per heavy atom. The highest BCUT2D eigenvalue weighted by molar-refractivity contribution is 5.66. The van der Waals surface area contributed by atoms with Crippen LogP contribution in [0.25, 0.3) is 16.8 Å². The largest absolute Gasteiger partial charge is 0.497 e. The van der Waals surface area contributed by atoms with Gasteiger partial charge in [-0.05, 0) is 30.7 Å². The quantitative estimate of drug-likeness (QED) is 0.688. The maximum Gasteiger partial charge on any atom is 0.178 e. The lowest BCUT2D eigenvalue weighted by atomic mass is 10.1. The zero-order chi connectivity index (χ0) is 12.5. The predicted octanol–water partition coefficient (Wildman–Crippen LogP) is 2.11. The molecule has 18 heavy (non-hydrogen) atoms. The summed E-state index contributed by atoms with van der Waals surface area (Å²) in [4.78, 5) is 0. The second-order valence-electron chi connectivity index (χ2n) is 3.99. The van der Waals surface area contributed by atoms with Crippen molar-refractivity contribution in [2.45, 2.75) is 6.92 Å². The maximum atomic E-state index is 5.14. The van der Waals surface area contributed by atoms with Crippen LogP contribution in [-0.4, -0.2) is 26.9 Å². The van der Waals surface area contributed by atoms with Gasteiger partial charge in [-0.1, -0.05) is 12.1 Å². The molecule has 0 fully saturated rings. The van der Waals surface area contributed by atoms with Crippen molar-refractivity contribution in [1.82, 2.24) is 19.8 Å². The normalized spacial score (nSPS) is 10.8. The lowest BCUT2D eigenvalue weighted by Gasteiger charge is -2.03. The van der Waals surface area contributed by atoms with E-state index >= 15 is 0 Å². The molecule has 90 valence electrons. The number of nitrogens with zero attached hydrogens (tertiary/aromatic N) is 4. The van der Waals surface area contributed by atoms with E-state index in [9.17, 15) is 0 Å². The van der Waals surface area contributed by atoms with Crippen molar-refractivity contribution in [2.75, 3.05) is 7.11 Å². The molecule has 0 spiro atoms. The van der Waals surface area contributed by atoms with Crippen LogP contribution in [0.5, 0.6) is 5.75 Å². The summed E-state index contributed by atoms with van der Waals surface area (Å²) in [6.07, 6.45) is 1.81. The molecule has 1 aromatic carbocycles. The van der Waals surface area contributed by atoms with Gasteiger partial charge in [0.2, 0.25) is 0 Å². The molecule has 3 aromatic rings. The molecule has 0 bridgehead atoms. The zero-order valence-electron chi connectivity index (χ0n) is 10.2. The van der Waals surface area contributed by atoms with Gasteiger partial charge in [0.25, 0.3) is 0 Å². The van der Waals surface area contributed by atoms with Crippen LogP contribution in [0.4, 0.5) is 0 Å². The van der Waals surface area contributed by atoms with E-state index in [-0.39, 0.29) is 0 Å². The summed E-state index contributed by atoms with van der Waals surface area (Å²) in [7, 11) is 1.65. The highest BCUT2D eigenvalue weighted by Gasteiger charge is 2.05. The number of ether oxygens (including phenoxy) is 1. The van der Waals surface area contributed by atoms with E-state index in [2.05, 4.69) is 15.3 Å². The Morgan fingerprint density at radius 2 is 1.83 bits per heavy atom. The van der Waals surface area contributed by atoms with Crippen molar-refractivity contribution in [2.24, 2.45) is 0 Å². The second kappa shape index (κ2) is 4.10. The summed E-state index contributed by atoms with van der Waals surface area (Å²) in [6, 6.07) is 9.81. The lowest BCUT2D eigenvalue weighted by molar-refractivity contribution is 0.415. The molecular weight excluding hydrogens is 228 g/mol. The van der Waals surface area contributed by atoms with Gasteiger partial charge in [0.15, 0.2) is 11.5 Å². The average Bonchev–Trinajstić information content (AvgIpc) is 2.80. The van der Waals surface area contributed by atoms with Crippen LogP contribution < -0.4 is 4.74 Å². The minimum Gasteiger partial charge on any atom is -0.497 e. The molecule has 0 saturated carbocycles. The van der Waals surface area contributed by atoms with Crippen molar-refractivity contribution >= 4 is 5.65 Å². The Balaban J connectivity index is 2.07. The molecule has 0 N–H and O–H groups in total. The molecule has 0 aliphatic heterocycles. The van der Waals surface area contributed by atoms with Crippen molar-refractivity contribution in [3.8, 4) is 16.9 Å². The number of hydrogen-bond donors (Lipinski definition) is 0. The molecule has 0 aliphatic rings. The molecule has 2 aromatic heterocycles. The van der Waals surface area contributed by atoms with Crippen LogP contribution in [0.15, 0.2) is 36.5 Å². The van der Waals surface area contributed by atoms with E-state index in [4.69, 9.17) is 4.74 Å². The molecule has 5 nitrogen and oxygen atoms in total. The van der Waals surface area contributed by atoms with Crippen molar-refractivity contribution < 1.29 is 4.74 Å². The summed E-state index contributed by atoms with van der Waals surface area (Å²) < 4.78 is 6.85. The minimum atomic E-state index is 0.751. The van der Waals surface area contributed by atoms with Gasteiger partial charge in [0.1, 0.15) is 5.75 Å². The summed E-state index contributed by atoms with van der Waals surface area (Å²) in [6.45, 7) is 1.88. The molecule has 0 saturated heterocycles. The standard InChI is InChI=1S/C13H12N4O/c1-9-15-16-13-7-11(8-14-17(9)13)10-3-5-12(18-2)6-4-10/h3-8H,1-2H3. The van der Waals surface area contributed by atoms with Crippen molar-refractivity contribution in [1.29, 1.82) is 0 Å². The van der Waals surface area contributed by atoms with Crippen LogP contribution >= 0.6 is 0 Å². The van der Waals surface area contributed by atoms with Gasteiger partial charge >= 0.3 is 0 Å². The van der Waals surface area contributed by atoms with Gasteiger partial charge in [0.05, 0.1) is 13.3 Å². The fourth-order valence-electron chi connectivity index (χ4n) is 1.84. The van der Waals surface area contributed by atoms with Gasteiger partial charge in [-0.2, -0.15) is 9.61 Å². The first kappa shape index (κ1) is 10.7. The highest BCUT2D eigenvalue weighted by Crippen LogP contribution is 2.22. The molecule has 0 radical (unpaired) electrons. The monoisotopic (exact) mass is 240 g/mol. The van der Waals surface area contributed by atoms with Gasteiger partial charge in [-0.15, -0.1) is 10.2 Å². The fraction of sp³-hybridized carbons (Fsp3) is 0.154. The Morgan fingerprint density at radius 3 is 2.56 bits per heavy atom. The summed E-state index contributed by atoms with van der Waals surface area (Å²) >= 11 is 0. The van der Waals surface area contributed by atoms with Crippen molar-refractivity contribution in [3.05, 3.63) is 42.4 Å². The summed E-state index contributed by atoms with van der Waals surface area (Å²) in [5, 5.41) is 12.4. The van der Waals surface area contributed by atoms with Crippen LogP contribution in [0, 0.1) is 6.92 Å². The van der Waals surface area contributed by atoms with E-state index in [1.54, 1.807) is 11.6 Å². The van der Waals surface area contributed by atoms with Crippen LogP contribution in [-0.2, 0) is 0 Å². The third-order valence-corrected chi connectivity index (χ3v) is 2.84. The molecule has 0 amide bonds. The average molecular weight is 240 g/mol. The van der Waals surface area contributed by atoms with Gasteiger partial charge in [-0.25, -0.2) is 0 Å². The zero-order valence-corrected chi connectivity index (χ0v) is 10.2. The van der Waals surface area contributed by atoms with E-state index in [0.29, 0.717) is 0 Å². The van der Waals surface area contributed by atoms with E-state index < -0.39 is 0 Å². The Labute approximate surface area is 104 Å². The molecule has 0 unspecified atom stereocenters. The number of methoxy groups -OCH3 is 1. The molecule has 0 atom stereocenters. The van der Waals surface area contributed by atoms with Crippen molar-refractivity contribution in [3.63, 3.8) is 0 Å². The van der Waals surface area contributed by atoms with E-state index in [1.165, 1.54) is 0 Å². The van der Waals surface area contributed by atoms with Crippen LogP contribution in [0.1, 0.15) is 5.82 Å². The van der Waals surface area contributed by atoms with Crippen LogP contribution in [0.3, 0.4) is 0 Å². The van der Waals surface area contributed by atoms with E-state index in [0.717, 1.165) is 28.3 Å². The number of fused-ring (bicyclic) bond motifs is 1. The van der Waals surface area contributed by atoms with Gasteiger partial charge in [-0.3, -0.25) is 0 Å². The first-order chi connectivity index (χ1) is 8.78. The highest BCUT2D eigenvalue weighted by atomic mass is 16.5. The number of hydrogen-bond acceptors (Lipinski definition) is 4. The second-order valence-corrected chi connectivity index (χ2v) is 3.99. The van der Waals surface area contributed by atoms with Crippen LogP contribution in [0.2, 0.25) is 0 Å². The minimum absolute atomic E-state index is 0.751. The smallest absolute Gasteiger partial charge is 0.178 e. The third-order valence-electron chi connectivity index (χ3n) is 2.84. The first-order valence-electron chi connectivity index (χ1n) is 5.60. The number of benzene rings is 1. The lowest BCUT2D eigenvalue weighted by Crippen LogP contribution is -1.94. The third kappa shape index (κ3) is 1.69. The van der Waals surface area contributed by atoms with Gasteiger partial charge < -0.3 is 4.74 Å². The maximum absolute atomic E-state index is 5.14. The molecule has 0 aliphatic carbocycles. The Hall–Kier alpha value is -2.43. The SMILES string of the molecule is COc1ccc(-c2cnn3c(C)nnc3c2)cc1. The summed E-state index contributed by atoms with van der Waals surface area (Å²) in [5.74, 6) is 1.62.